The predicted molar refractivity (Wildman–Crippen MR) is 45.2 cm³/mol. The molecule has 1 aliphatic rings. The minimum absolute atomic E-state index is 0.698. The summed E-state index contributed by atoms with van der Waals surface area (Å²) < 4.78 is 5.35. The summed E-state index contributed by atoms with van der Waals surface area (Å²) in [6.45, 7) is 3.70. The van der Waals surface area contributed by atoms with Crippen LogP contribution in [0, 0.1) is 0 Å². The highest BCUT2D eigenvalue weighted by Gasteiger charge is 2.04. The van der Waals surface area contributed by atoms with Crippen LogP contribution in [0.2, 0.25) is 0 Å². The Morgan fingerprint density at radius 1 is 1.09 bits per heavy atom. The van der Waals surface area contributed by atoms with Crippen LogP contribution >= 0.6 is 0 Å². The Morgan fingerprint density at radius 2 is 1.91 bits per heavy atom. The Kier molecular flexibility index (Phi) is 1.29. The summed E-state index contributed by atoms with van der Waals surface area (Å²) in [5.74, 6) is 1.59. The van der Waals surface area contributed by atoms with E-state index in [-0.39, 0.29) is 0 Å². The van der Waals surface area contributed by atoms with Crippen molar-refractivity contribution >= 4 is 6.08 Å². The van der Waals surface area contributed by atoms with Gasteiger partial charge in [0.1, 0.15) is 11.5 Å². The molecule has 1 aliphatic heterocycles. The zero-order valence-corrected chi connectivity index (χ0v) is 6.08. The maximum absolute atomic E-state index is 5.35. The molecule has 0 aliphatic carbocycles. The summed E-state index contributed by atoms with van der Waals surface area (Å²) in [7, 11) is 0. The lowest BCUT2D eigenvalue weighted by atomic mass is 10.1. The van der Waals surface area contributed by atoms with Crippen molar-refractivity contribution in [3.63, 3.8) is 0 Å². The van der Waals surface area contributed by atoms with Gasteiger partial charge >= 0.3 is 0 Å². The maximum Gasteiger partial charge on any atom is 0.134 e. The Hall–Kier alpha value is -1.50. The second-order valence-corrected chi connectivity index (χ2v) is 2.44. The largest absolute Gasteiger partial charge is 0.457 e. The van der Waals surface area contributed by atoms with E-state index in [1.165, 1.54) is 0 Å². The standard InChI is InChI=1S/C10H8O/c1-8-6-7-9-4-2-3-5-10(9)11-8/h2-7H,1H2. The van der Waals surface area contributed by atoms with Gasteiger partial charge in [0.2, 0.25) is 0 Å². The average molecular weight is 144 g/mol. The molecule has 0 spiro atoms. The first-order chi connectivity index (χ1) is 5.36. The van der Waals surface area contributed by atoms with Gasteiger partial charge in [0.25, 0.3) is 0 Å². The second-order valence-electron chi connectivity index (χ2n) is 2.44. The molecule has 11 heavy (non-hydrogen) atoms. The fourth-order valence-electron chi connectivity index (χ4n) is 1.07. The molecule has 0 saturated carbocycles. The van der Waals surface area contributed by atoms with Crippen molar-refractivity contribution in [2.45, 2.75) is 0 Å². The quantitative estimate of drug-likeness (QED) is 0.543. The first-order valence-electron chi connectivity index (χ1n) is 3.50. The van der Waals surface area contributed by atoms with Crippen molar-refractivity contribution < 1.29 is 4.74 Å². The van der Waals surface area contributed by atoms with Crippen molar-refractivity contribution in [2.75, 3.05) is 0 Å². The number of para-hydroxylation sites is 1. The number of hydrogen-bond acceptors (Lipinski definition) is 1. The molecule has 0 bridgehead atoms. The van der Waals surface area contributed by atoms with E-state index in [4.69, 9.17) is 4.74 Å². The molecular formula is C10H8O. The van der Waals surface area contributed by atoms with Crippen molar-refractivity contribution in [2.24, 2.45) is 0 Å². The Morgan fingerprint density at radius 3 is 2.82 bits per heavy atom. The van der Waals surface area contributed by atoms with E-state index < -0.39 is 0 Å². The molecule has 54 valence electrons. The van der Waals surface area contributed by atoms with Crippen molar-refractivity contribution in [3.8, 4) is 5.75 Å². The molecule has 0 unspecified atom stereocenters. The van der Waals surface area contributed by atoms with Crippen molar-refractivity contribution in [3.05, 3.63) is 48.2 Å². The molecule has 0 aromatic heterocycles. The molecule has 1 aromatic carbocycles. The molecular weight excluding hydrogens is 136 g/mol. The monoisotopic (exact) mass is 144 g/mol. The number of hydrogen-bond donors (Lipinski definition) is 0. The first-order valence-corrected chi connectivity index (χ1v) is 3.50. The van der Waals surface area contributed by atoms with Crippen LogP contribution in [-0.4, -0.2) is 0 Å². The van der Waals surface area contributed by atoms with E-state index in [0.717, 1.165) is 11.3 Å². The molecule has 1 heterocycles. The van der Waals surface area contributed by atoms with Gasteiger partial charge < -0.3 is 4.74 Å². The lowest BCUT2D eigenvalue weighted by molar-refractivity contribution is 0.442. The van der Waals surface area contributed by atoms with Crippen LogP contribution in [0.25, 0.3) is 6.08 Å². The van der Waals surface area contributed by atoms with Gasteiger partial charge in [-0.1, -0.05) is 24.8 Å². The number of benzene rings is 1. The van der Waals surface area contributed by atoms with E-state index in [0.29, 0.717) is 5.76 Å². The van der Waals surface area contributed by atoms with Crippen LogP contribution in [0.3, 0.4) is 0 Å². The number of allylic oxidation sites excluding steroid dienone is 1. The summed E-state index contributed by atoms with van der Waals surface area (Å²) in [5.41, 5.74) is 1.11. The summed E-state index contributed by atoms with van der Waals surface area (Å²) in [6.07, 6.45) is 3.86. The van der Waals surface area contributed by atoms with E-state index in [9.17, 15) is 0 Å². The molecule has 0 radical (unpaired) electrons. The zero-order valence-electron chi connectivity index (χ0n) is 6.08. The third kappa shape index (κ3) is 1.05. The minimum atomic E-state index is 0.698. The Bertz CT molecular complexity index is 323. The average Bonchev–Trinajstić information content (AvgIpc) is 2.04. The van der Waals surface area contributed by atoms with E-state index in [2.05, 4.69) is 6.58 Å². The van der Waals surface area contributed by atoms with Gasteiger partial charge in [0.15, 0.2) is 0 Å². The van der Waals surface area contributed by atoms with Crippen LogP contribution in [0.5, 0.6) is 5.75 Å². The van der Waals surface area contributed by atoms with Gasteiger partial charge in [-0.3, -0.25) is 0 Å². The highest BCUT2D eigenvalue weighted by Crippen LogP contribution is 2.25. The third-order valence-corrected chi connectivity index (χ3v) is 1.61. The Labute approximate surface area is 65.6 Å². The van der Waals surface area contributed by atoms with Gasteiger partial charge in [0, 0.05) is 5.56 Å². The fraction of sp³-hybridized carbons (Fsp3) is 0. The predicted octanol–water partition coefficient (Wildman–Crippen LogP) is 2.61. The van der Waals surface area contributed by atoms with Crippen LogP contribution in [-0.2, 0) is 0 Å². The summed E-state index contributed by atoms with van der Waals surface area (Å²) in [6, 6.07) is 7.88. The first kappa shape index (κ1) is 6.23. The second kappa shape index (κ2) is 2.27. The van der Waals surface area contributed by atoms with Gasteiger partial charge in [-0.05, 0) is 18.2 Å². The van der Waals surface area contributed by atoms with Crippen LogP contribution < -0.4 is 4.74 Å². The van der Waals surface area contributed by atoms with Crippen molar-refractivity contribution in [1.29, 1.82) is 0 Å². The minimum Gasteiger partial charge on any atom is -0.457 e. The fourth-order valence-corrected chi connectivity index (χ4v) is 1.07. The van der Waals surface area contributed by atoms with Gasteiger partial charge in [-0.15, -0.1) is 0 Å². The number of fused-ring (bicyclic) bond motifs is 1. The lowest BCUT2D eigenvalue weighted by Gasteiger charge is -2.12. The molecule has 0 fully saturated rings. The summed E-state index contributed by atoms with van der Waals surface area (Å²) >= 11 is 0. The molecule has 0 N–H and O–H groups in total. The molecule has 0 amide bonds. The molecule has 1 heteroatoms. The maximum atomic E-state index is 5.35. The molecule has 0 saturated heterocycles. The summed E-state index contributed by atoms with van der Waals surface area (Å²) in [4.78, 5) is 0. The third-order valence-electron chi connectivity index (χ3n) is 1.61. The topological polar surface area (TPSA) is 9.23 Å². The lowest BCUT2D eigenvalue weighted by Crippen LogP contribution is -1.96. The molecule has 1 aromatic rings. The van der Waals surface area contributed by atoms with E-state index >= 15 is 0 Å². The van der Waals surface area contributed by atoms with Gasteiger partial charge in [0.05, 0.1) is 0 Å². The smallest absolute Gasteiger partial charge is 0.134 e. The highest BCUT2D eigenvalue weighted by atomic mass is 16.5. The van der Waals surface area contributed by atoms with E-state index in [1.54, 1.807) is 0 Å². The van der Waals surface area contributed by atoms with Crippen LogP contribution in [0.1, 0.15) is 5.56 Å². The molecule has 2 rings (SSSR count). The zero-order chi connectivity index (χ0) is 7.68. The van der Waals surface area contributed by atoms with Gasteiger partial charge in [-0.25, -0.2) is 0 Å². The number of ether oxygens (including phenoxy) is 1. The van der Waals surface area contributed by atoms with Crippen LogP contribution in [0.15, 0.2) is 42.7 Å². The molecule has 1 nitrogen and oxygen atoms in total. The van der Waals surface area contributed by atoms with Crippen molar-refractivity contribution in [1.82, 2.24) is 0 Å². The summed E-state index contributed by atoms with van der Waals surface area (Å²) in [5, 5.41) is 0. The highest BCUT2D eigenvalue weighted by molar-refractivity contribution is 5.62. The van der Waals surface area contributed by atoms with Gasteiger partial charge in [-0.2, -0.15) is 0 Å². The SMILES string of the molecule is C=C1C=Cc2ccccc2O1. The van der Waals surface area contributed by atoms with E-state index in [1.807, 2.05) is 36.4 Å². The Balaban J connectivity index is 2.54. The normalized spacial score (nSPS) is 14.0. The van der Waals surface area contributed by atoms with Crippen LogP contribution in [0.4, 0.5) is 0 Å². The number of rotatable bonds is 0. The molecule has 0 atom stereocenters.